The lowest BCUT2D eigenvalue weighted by Gasteiger charge is -2.15. The van der Waals surface area contributed by atoms with E-state index in [1.54, 1.807) is 24.3 Å². The van der Waals surface area contributed by atoms with Gasteiger partial charge in [-0.3, -0.25) is 0 Å². The van der Waals surface area contributed by atoms with E-state index in [4.69, 9.17) is 16.3 Å². The third-order valence-corrected chi connectivity index (χ3v) is 4.40. The molecule has 0 unspecified atom stereocenters. The second-order valence-corrected chi connectivity index (χ2v) is 6.29. The summed E-state index contributed by atoms with van der Waals surface area (Å²) in [7, 11) is -1.96. The molecule has 0 spiro atoms. The smallest absolute Gasteiger partial charge is 0.167 e. The van der Waals surface area contributed by atoms with Crippen LogP contribution in [0.3, 0.4) is 0 Å². The van der Waals surface area contributed by atoms with Crippen molar-refractivity contribution in [1.82, 2.24) is 0 Å². The number of benzene rings is 1. The summed E-state index contributed by atoms with van der Waals surface area (Å²) in [5.41, 5.74) is 0.436. The highest BCUT2D eigenvalue weighted by Crippen LogP contribution is 2.26. The minimum absolute atomic E-state index is 0.436. The summed E-state index contributed by atoms with van der Waals surface area (Å²) >= 11 is 5.65. The number of sulfone groups is 1. The molecule has 0 aromatic heterocycles. The zero-order valence-corrected chi connectivity index (χ0v) is 10.5. The molecule has 0 amide bonds. The summed E-state index contributed by atoms with van der Waals surface area (Å²) in [4.78, 5) is 0. The Morgan fingerprint density at radius 3 is 2.19 bits per heavy atom. The Hall–Kier alpha value is -0.780. The summed E-state index contributed by atoms with van der Waals surface area (Å²) in [6.45, 7) is 0. The lowest BCUT2D eigenvalue weighted by molar-refractivity contribution is 0.192. The predicted octanol–water partition coefficient (Wildman–Crippen LogP) is 1.34. The van der Waals surface area contributed by atoms with Crippen LogP contribution < -0.4 is 4.74 Å². The van der Waals surface area contributed by atoms with Crippen LogP contribution in [0.15, 0.2) is 24.3 Å². The third kappa shape index (κ3) is 3.10. The summed E-state index contributed by atoms with van der Waals surface area (Å²) in [5.74, 6) is 0.626. The zero-order valence-electron chi connectivity index (χ0n) is 8.92. The van der Waals surface area contributed by atoms with Gasteiger partial charge in [0.25, 0.3) is 0 Å². The van der Waals surface area contributed by atoms with Crippen LogP contribution in [0.25, 0.3) is 0 Å². The van der Waals surface area contributed by atoms with Gasteiger partial charge < -0.3 is 9.84 Å². The van der Waals surface area contributed by atoms with Crippen molar-refractivity contribution in [1.29, 1.82) is 0 Å². The molecule has 0 bridgehead atoms. The molecule has 1 aromatic rings. The second kappa shape index (κ2) is 5.03. The molecule has 90 valence electrons. The van der Waals surface area contributed by atoms with Gasteiger partial charge in [-0.25, -0.2) is 8.42 Å². The summed E-state index contributed by atoms with van der Waals surface area (Å²) in [6.07, 6.45) is -0.264. The maximum Gasteiger partial charge on any atom is 0.167 e. The van der Waals surface area contributed by atoms with E-state index in [0.29, 0.717) is 11.3 Å². The lowest BCUT2D eigenvalue weighted by atomic mass is 10.1. The normalized spacial score (nSPS) is 15.5. The van der Waals surface area contributed by atoms with Crippen LogP contribution in [-0.2, 0) is 9.84 Å². The monoisotopic (exact) mass is 264 g/mol. The van der Waals surface area contributed by atoms with Crippen molar-refractivity contribution in [3.63, 3.8) is 0 Å². The third-order valence-electron chi connectivity index (χ3n) is 2.11. The molecule has 1 rings (SSSR count). The first kappa shape index (κ1) is 13.3. The van der Waals surface area contributed by atoms with Crippen LogP contribution in [0.2, 0.25) is 0 Å². The van der Waals surface area contributed by atoms with Gasteiger partial charge in [0, 0.05) is 6.26 Å². The molecule has 16 heavy (non-hydrogen) atoms. The van der Waals surface area contributed by atoms with Gasteiger partial charge in [-0.15, -0.1) is 11.6 Å². The average Bonchev–Trinajstić information content (AvgIpc) is 2.26. The lowest BCUT2D eigenvalue weighted by Crippen LogP contribution is -2.21. The predicted molar refractivity (Wildman–Crippen MR) is 62.4 cm³/mol. The largest absolute Gasteiger partial charge is 0.497 e. The Bertz CT molecular complexity index is 440. The first-order valence-corrected chi connectivity index (χ1v) is 6.90. The fourth-order valence-corrected chi connectivity index (χ4v) is 1.96. The van der Waals surface area contributed by atoms with Crippen molar-refractivity contribution in [3.05, 3.63) is 29.8 Å². The van der Waals surface area contributed by atoms with Gasteiger partial charge in [0.2, 0.25) is 0 Å². The van der Waals surface area contributed by atoms with E-state index in [-0.39, 0.29) is 0 Å². The van der Waals surface area contributed by atoms with Gasteiger partial charge >= 0.3 is 0 Å². The van der Waals surface area contributed by atoms with Crippen LogP contribution in [-0.4, -0.2) is 31.6 Å². The van der Waals surface area contributed by atoms with Gasteiger partial charge in [0.05, 0.1) is 7.11 Å². The first-order valence-electron chi connectivity index (χ1n) is 4.51. The minimum Gasteiger partial charge on any atom is -0.497 e. The molecule has 6 heteroatoms. The van der Waals surface area contributed by atoms with Crippen LogP contribution in [0.1, 0.15) is 11.7 Å². The molecule has 0 aliphatic heterocycles. The van der Waals surface area contributed by atoms with Crippen molar-refractivity contribution in [2.45, 2.75) is 10.8 Å². The molecule has 0 saturated heterocycles. The van der Waals surface area contributed by atoms with Gasteiger partial charge in [-0.1, -0.05) is 12.1 Å². The topological polar surface area (TPSA) is 63.6 Å². The molecule has 1 aromatic carbocycles. The van der Waals surface area contributed by atoms with Crippen LogP contribution >= 0.6 is 11.6 Å². The quantitative estimate of drug-likeness (QED) is 0.834. The zero-order chi connectivity index (χ0) is 12.3. The average molecular weight is 265 g/mol. The number of ether oxygens (including phenoxy) is 1. The summed E-state index contributed by atoms with van der Waals surface area (Å²) in [6, 6.07) is 6.41. The fourth-order valence-electron chi connectivity index (χ4n) is 1.19. The molecule has 0 saturated carbocycles. The molecule has 0 heterocycles. The van der Waals surface area contributed by atoms with E-state index >= 15 is 0 Å². The van der Waals surface area contributed by atoms with Crippen molar-refractivity contribution in [2.24, 2.45) is 0 Å². The van der Waals surface area contributed by atoms with E-state index < -0.39 is 20.7 Å². The van der Waals surface area contributed by atoms with Gasteiger partial charge in [-0.2, -0.15) is 0 Å². The number of rotatable bonds is 4. The highest BCUT2D eigenvalue weighted by Gasteiger charge is 2.27. The van der Waals surface area contributed by atoms with E-state index in [2.05, 4.69) is 0 Å². The molecule has 4 nitrogen and oxygen atoms in total. The van der Waals surface area contributed by atoms with Gasteiger partial charge in [0.15, 0.2) is 14.5 Å². The molecule has 2 atom stereocenters. The van der Waals surface area contributed by atoms with Crippen molar-refractivity contribution >= 4 is 21.4 Å². The number of hydrogen-bond donors (Lipinski definition) is 1. The van der Waals surface area contributed by atoms with E-state index in [1.165, 1.54) is 7.11 Å². The Balaban J connectivity index is 2.92. The van der Waals surface area contributed by atoms with Crippen LogP contribution in [0, 0.1) is 0 Å². The molecule has 0 fully saturated rings. The second-order valence-electron chi connectivity index (χ2n) is 3.40. The molecular formula is C10H13ClO4S. The SMILES string of the molecule is COc1ccc([C@H](O)[C@H](Cl)S(C)(=O)=O)cc1. The van der Waals surface area contributed by atoms with Gasteiger partial charge in [0.1, 0.15) is 11.9 Å². The fraction of sp³-hybridized carbons (Fsp3) is 0.400. The number of hydrogen-bond acceptors (Lipinski definition) is 4. The number of halogens is 1. The molecule has 0 aliphatic rings. The van der Waals surface area contributed by atoms with Crippen LogP contribution in [0.5, 0.6) is 5.75 Å². The summed E-state index contributed by atoms with van der Waals surface area (Å²) < 4.78 is 25.9. The van der Waals surface area contributed by atoms with Crippen LogP contribution in [0.4, 0.5) is 0 Å². The Labute approximate surface area is 99.7 Å². The molecule has 0 aliphatic carbocycles. The standard InChI is InChI=1S/C10H13ClO4S/c1-15-8-5-3-7(4-6-8)9(12)10(11)16(2,13)14/h3-6,9-10,12H,1-2H3/t9-,10+/m0/s1. The van der Waals surface area contributed by atoms with Crippen molar-refractivity contribution in [2.75, 3.05) is 13.4 Å². The van der Waals surface area contributed by atoms with E-state index in [1.807, 2.05) is 0 Å². The minimum atomic E-state index is -3.48. The number of alkyl halides is 1. The molecule has 1 N–H and O–H groups in total. The number of methoxy groups -OCH3 is 1. The Morgan fingerprint density at radius 1 is 1.31 bits per heavy atom. The van der Waals surface area contributed by atoms with E-state index in [0.717, 1.165) is 6.26 Å². The maximum atomic E-state index is 11.2. The van der Waals surface area contributed by atoms with E-state index in [9.17, 15) is 13.5 Å². The van der Waals surface area contributed by atoms with Gasteiger partial charge in [-0.05, 0) is 17.7 Å². The number of aliphatic hydroxyl groups is 1. The highest BCUT2D eigenvalue weighted by atomic mass is 35.5. The number of aliphatic hydroxyl groups excluding tert-OH is 1. The maximum absolute atomic E-state index is 11.2. The Morgan fingerprint density at radius 2 is 1.81 bits per heavy atom. The van der Waals surface area contributed by atoms with Crippen molar-refractivity contribution in [3.8, 4) is 5.75 Å². The first-order chi connectivity index (χ1) is 7.36. The highest BCUT2D eigenvalue weighted by molar-refractivity contribution is 7.92. The van der Waals surface area contributed by atoms with Crippen molar-refractivity contribution < 1.29 is 18.3 Å². The molecular weight excluding hydrogens is 252 g/mol. The Kier molecular flexibility index (Phi) is 4.18. The molecule has 0 radical (unpaired) electrons. The summed E-state index contributed by atoms with van der Waals surface area (Å²) in [5, 5.41) is 9.74.